The molecule has 2 aromatic rings. The number of anilines is 1. The van der Waals surface area contributed by atoms with Gasteiger partial charge in [0, 0.05) is 5.69 Å². The van der Waals surface area contributed by atoms with Crippen molar-refractivity contribution in [1.29, 1.82) is 0 Å². The predicted molar refractivity (Wildman–Crippen MR) is 96.1 cm³/mol. The Morgan fingerprint density at radius 1 is 1.16 bits per heavy atom. The van der Waals surface area contributed by atoms with Crippen LogP contribution in [0.15, 0.2) is 53.4 Å². The van der Waals surface area contributed by atoms with Crippen LogP contribution in [-0.4, -0.2) is 29.8 Å². The molecule has 2 aromatic carbocycles. The highest BCUT2D eigenvalue weighted by molar-refractivity contribution is 8.04. The Balaban J connectivity index is 1.96. The maximum absolute atomic E-state index is 12.9. The second-order valence-electron chi connectivity index (χ2n) is 4.93. The average Bonchev–Trinajstić information content (AvgIpc) is 2.60. The number of hydrogen-bond acceptors (Lipinski definition) is 4. The lowest BCUT2D eigenvalue weighted by Crippen LogP contribution is -2.15. The number of carboxylic acids is 1. The minimum absolute atomic E-state index is 0.00325. The molecule has 0 saturated carbocycles. The SMILES string of the molecule is COc1ccc(NC(=O)CS/C(=C/c2ccc(F)cc2)C(=O)O)cc1. The van der Waals surface area contributed by atoms with Crippen LogP contribution in [0.3, 0.4) is 0 Å². The Labute approximate surface area is 148 Å². The third kappa shape index (κ3) is 5.96. The molecule has 0 atom stereocenters. The van der Waals surface area contributed by atoms with Gasteiger partial charge in [-0.05, 0) is 48.0 Å². The lowest BCUT2D eigenvalue weighted by Gasteiger charge is -2.07. The van der Waals surface area contributed by atoms with Gasteiger partial charge in [0.05, 0.1) is 17.8 Å². The molecule has 130 valence electrons. The van der Waals surface area contributed by atoms with Crippen LogP contribution in [0.2, 0.25) is 0 Å². The first-order valence-electron chi connectivity index (χ1n) is 7.25. The number of thioether (sulfide) groups is 1. The largest absolute Gasteiger partial charge is 0.497 e. The summed E-state index contributed by atoms with van der Waals surface area (Å²) in [6.07, 6.45) is 1.40. The van der Waals surface area contributed by atoms with E-state index in [0.29, 0.717) is 17.0 Å². The molecule has 0 aliphatic heterocycles. The summed E-state index contributed by atoms with van der Waals surface area (Å²) in [5, 5.41) is 11.9. The van der Waals surface area contributed by atoms with E-state index in [2.05, 4.69) is 5.32 Å². The van der Waals surface area contributed by atoms with Crippen LogP contribution < -0.4 is 10.1 Å². The molecule has 0 unspecified atom stereocenters. The van der Waals surface area contributed by atoms with Gasteiger partial charge in [0.25, 0.3) is 0 Å². The summed E-state index contributed by atoms with van der Waals surface area (Å²) in [6, 6.07) is 12.2. The van der Waals surface area contributed by atoms with Crippen LogP contribution in [0.4, 0.5) is 10.1 Å². The molecule has 0 aromatic heterocycles. The summed E-state index contributed by atoms with van der Waals surface area (Å²) >= 11 is 0.895. The molecule has 0 saturated heterocycles. The van der Waals surface area contributed by atoms with Crippen molar-refractivity contribution in [3.8, 4) is 5.75 Å². The zero-order valence-electron chi connectivity index (χ0n) is 13.4. The van der Waals surface area contributed by atoms with Crippen LogP contribution in [0.25, 0.3) is 6.08 Å². The number of carbonyl (C=O) groups is 2. The number of hydrogen-bond donors (Lipinski definition) is 2. The van der Waals surface area contributed by atoms with Crippen molar-refractivity contribution in [2.24, 2.45) is 0 Å². The van der Waals surface area contributed by atoms with Gasteiger partial charge in [-0.3, -0.25) is 4.79 Å². The fraction of sp³-hybridized carbons (Fsp3) is 0.111. The van der Waals surface area contributed by atoms with E-state index in [1.165, 1.54) is 30.3 Å². The van der Waals surface area contributed by atoms with Gasteiger partial charge in [0.1, 0.15) is 11.6 Å². The van der Waals surface area contributed by atoms with E-state index in [9.17, 15) is 19.1 Å². The monoisotopic (exact) mass is 361 g/mol. The molecule has 0 spiro atoms. The zero-order valence-corrected chi connectivity index (χ0v) is 14.2. The lowest BCUT2D eigenvalue weighted by atomic mass is 10.2. The smallest absolute Gasteiger partial charge is 0.342 e. The molecule has 0 heterocycles. The third-order valence-corrected chi connectivity index (χ3v) is 4.12. The normalized spacial score (nSPS) is 11.0. The summed E-state index contributed by atoms with van der Waals surface area (Å²) in [6.45, 7) is 0. The van der Waals surface area contributed by atoms with Crippen LogP contribution in [0, 0.1) is 5.82 Å². The maximum atomic E-state index is 12.9. The van der Waals surface area contributed by atoms with Crippen molar-refractivity contribution in [3.63, 3.8) is 0 Å². The number of carboxylic acid groups (broad SMARTS) is 1. The lowest BCUT2D eigenvalue weighted by molar-refractivity contribution is -0.131. The third-order valence-electron chi connectivity index (χ3n) is 3.11. The molecule has 0 radical (unpaired) electrons. The van der Waals surface area contributed by atoms with E-state index in [-0.39, 0.29) is 16.6 Å². The van der Waals surface area contributed by atoms with Gasteiger partial charge in [-0.25, -0.2) is 9.18 Å². The van der Waals surface area contributed by atoms with Gasteiger partial charge < -0.3 is 15.2 Å². The number of amides is 1. The molecule has 0 aliphatic carbocycles. The van der Waals surface area contributed by atoms with Crippen molar-refractivity contribution in [3.05, 3.63) is 64.8 Å². The maximum Gasteiger partial charge on any atom is 0.342 e. The van der Waals surface area contributed by atoms with Crippen LogP contribution in [-0.2, 0) is 9.59 Å². The first-order chi connectivity index (χ1) is 12.0. The van der Waals surface area contributed by atoms with Crippen LogP contribution in [0.5, 0.6) is 5.75 Å². The van der Waals surface area contributed by atoms with Gasteiger partial charge in [0.2, 0.25) is 5.91 Å². The Morgan fingerprint density at radius 2 is 1.80 bits per heavy atom. The summed E-state index contributed by atoms with van der Waals surface area (Å²) in [5.74, 6) is -1.28. The first-order valence-corrected chi connectivity index (χ1v) is 8.24. The van der Waals surface area contributed by atoms with E-state index < -0.39 is 11.8 Å². The first kappa shape index (κ1) is 18.5. The molecule has 2 rings (SSSR count). The van der Waals surface area contributed by atoms with Crippen molar-refractivity contribution in [2.45, 2.75) is 0 Å². The minimum Gasteiger partial charge on any atom is -0.497 e. The Morgan fingerprint density at radius 3 is 2.36 bits per heavy atom. The highest BCUT2D eigenvalue weighted by atomic mass is 32.2. The Hall–Kier alpha value is -2.80. The number of nitrogens with one attached hydrogen (secondary N) is 1. The molecule has 1 amide bonds. The topological polar surface area (TPSA) is 75.6 Å². The van der Waals surface area contributed by atoms with E-state index >= 15 is 0 Å². The quantitative estimate of drug-likeness (QED) is 0.737. The van der Waals surface area contributed by atoms with Crippen LogP contribution in [0.1, 0.15) is 5.56 Å². The molecule has 7 heteroatoms. The van der Waals surface area contributed by atoms with Gasteiger partial charge in [-0.15, -0.1) is 11.8 Å². The predicted octanol–water partition coefficient (Wildman–Crippen LogP) is 3.63. The number of aliphatic carboxylic acids is 1. The van der Waals surface area contributed by atoms with Gasteiger partial charge in [0.15, 0.2) is 0 Å². The van der Waals surface area contributed by atoms with Crippen molar-refractivity contribution >= 4 is 35.4 Å². The minimum atomic E-state index is -1.15. The molecule has 2 N–H and O–H groups in total. The standard InChI is InChI=1S/C18H16FNO4S/c1-24-15-8-6-14(7-9-15)20-17(21)11-25-16(18(22)23)10-12-2-4-13(19)5-3-12/h2-10H,11H2,1H3,(H,20,21)(H,22,23)/b16-10+. The summed E-state index contributed by atoms with van der Waals surface area (Å²) in [4.78, 5) is 23.3. The Bertz CT molecular complexity index is 773. The van der Waals surface area contributed by atoms with E-state index in [0.717, 1.165) is 11.8 Å². The van der Waals surface area contributed by atoms with Crippen molar-refractivity contribution in [1.82, 2.24) is 0 Å². The van der Waals surface area contributed by atoms with Gasteiger partial charge >= 0.3 is 5.97 Å². The summed E-state index contributed by atoms with van der Waals surface area (Å²) in [7, 11) is 1.55. The highest BCUT2D eigenvalue weighted by Gasteiger charge is 2.12. The van der Waals surface area contributed by atoms with Gasteiger partial charge in [-0.2, -0.15) is 0 Å². The Kier molecular flexibility index (Phi) is 6.59. The molecule has 25 heavy (non-hydrogen) atoms. The number of methoxy groups -OCH3 is 1. The molecule has 5 nitrogen and oxygen atoms in total. The number of halogens is 1. The van der Waals surface area contributed by atoms with Gasteiger partial charge in [-0.1, -0.05) is 12.1 Å². The summed E-state index contributed by atoms with van der Waals surface area (Å²) in [5.41, 5.74) is 1.13. The summed E-state index contributed by atoms with van der Waals surface area (Å²) < 4.78 is 17.9. The van der Waals surface area contributed by atoms with Crippen molar-refractivity contribution in [2.75, 3.05) is 18.2 Å². The second kappa shape index (κ2) is 8.89. The molecular weight excluding hydrogens is 345 g/mol. The average molecular weight is 361 g/mol. The van der Waals surface area contributed by atoms with E-state index in [4.69, 9.17) is 4.74 Å². The number of carbonyl (C=O) groups excluding carboxylic acids is 1. The highest BCUT2D eigenvalue weighted by Crippen LogP contribution is 2.21. The van der Waals surface area contributed by atoms with E-state index in [1.54, 1.807) is 31.4 Å². The number of rotatable bonds is 7. The number of benzene rings is 2. The zero-order chi connectivity index (χ0) is 18.2. The van der Waals surface area contributed by atoms with E-state index in [1.807, 2.05) is 0 Å². The molecule has 0 bridgehead atoms. The molecule has 0 aliphatic rings. The molecule has 0 fully saturated rings. The van der Waals surface area contributed by atoms with Crippen LogP contribution >= 0.6 is 11.8 Å². The fourth-order valence-electron chi connectivity index (χ4n) is 1.89. The van der Waals surface area contributed by atoms with Crippen molar-refractivity contribution < 1.29 is 23.8 Å². The molecular formula is C18H16FNO4S. The second-order valence-corrected chi connectivity index (χ2v) is 5.95. The number of ether oxygens (including phenoxy) is 1. The fourth-order valence-corrected chi connectivity index (χ4v) is 2.59.